The Morgan fingerprint density at radius 3 is 1.67 bits per heavy atom. The van der Waals surface area contributed by atoms with E-state index in [9.17, 15) is 9.59 Å². The Morgan fingerprint density at radius 2 is 1.30 bits per heavy atom. The van der Waals surface area contributed by atoms with Crippen LogP contribution in [0.4, 0.5) is 0 Å². The molecule has 0 bridgehead atoms. The van der Waals surface area contributed by atoms with Crippen LogP contribution in [0.2, 0.25) is 0 Å². The highest BCUT2D eigenvalue weighted by atomic mass is 32.1. The number of aromatic carboxylic acids is 1. The van der Waals surface area contributed by atoms with Gasteiger partial charge < -0.3 is 9.84 Å². The van der Waals surface area contributed by atoms with Gasteiger partial charge in [-0.05, 0) is 31.9 Å². The molecule has 30 heavy (non-hydrogen) atoms. The molecule has 0 spiro atoms. The molecule has 0 aliphatic carbocycles. The molecule has 1 N–H and O–H groups in total. The van der Waals surface area contributed by atoms with Gasteiger partial charge in [0.05, 0.1) is 6.61 Å². The van der Waals surface area contributed by atoms with Gasteiger partial charge in [0.15, 0.2) is 0 Å². The average molecular weight is 465 g/mol. The van der Waals surface area contributed by atoms with Crippen molar-refractivity contribution in [3.8, 4) is 0 Å². The number of carbonyl (C=O) groups is 2. The maximum absolute atomic E-state index is 11.3. The first-order valence-electron chi connectivity index (χ1n) is 8.65. The van der Waals surface area contributed by atoms with Gasteiger partial charge in [-0.25, -0.2) is 9.59 Å². The third-order valence-electron chi connectivity index (χ3n) is 3.01. The van der Waals surface area contributed by atoms with Crippen LogP contribution in [0.1, 0.15) is 54.6 Å². The van der Waals surface area contributed by atoms with Gasteiger partial charge in [-0.3, -0.25) is 9.36 Å². The van der Waals surface area contributed by atoms with Gasteiger partial charge in [-0.1, -0.05) is 13.8 Å². The zero-order chi connectivity index (χ0) is 23.4. The number of carboxylic acid groups (broad SMARTS) is 1. The van der Waals surface area contributed by atoms with E-state index in [0.29, 0.717) is 18.8 Å². The third kappa shape index (κ3) is 12.5. The Labute approximate surface area is 180 Å². The summed E-state index contributed by atoms with van der Waals surface area (Å²) in [4.78, 5) is 21.8. The van der Waals surface area contributed by atoms with E-state index in [1.165, 1.54) is 16.9 Å². The minimum atomic E-state index is -0.920. The first-order chi connectivity index (χ1) is 14.4. The predicted molar refractivity (Wildman–Crippen MR) is 106 cm³/mol. The summed E-state index contributed by atoms with van der Waals surface area (Å²) in [6.07, 6.45) is 4.96. The SMILES string of the molecule is CCCn1nccc1C(=O)O.CCCn1nccc1C(=O)OCC.O=S=O.O=S=O. The number of carboxylic acids is 1. The third-order valence-corrected chi connectivity index (χ3v) is 3.01. The highest BCUT2D eigenvalue weighted by molar-refractivity contribution is 7.51. The number of aromatic nitrogens is 4. The Balaban J connectivity index is 0. The van der Waals surface area contributed by atoms with Crippen molar-refractivity contribution in [1.82, 2.24) is 19.6 Å². The zero-order valence-corrected chi connectivity index (χ0v) is 18.4. The normalized spacial score (nSPS) is 8.77. The van der Waals surface area contributed by atoms with Crippen molar-refractivity contribution in [3.05, 3.63) is 35.9 Å². The van der Waals surface area contributed by atoms with Crippen molar-refractivity contribution in [2.75, 3.05) is 6.61 Å². The summed E-state index contributed by atoms with van der Waals surface area (Å²) in [6.45, 7) is 7.62. The molecular weight excluding hydrogens is 440 g/mol. The molecule has 168 valence electrons. The van der Waals surface area contributed by atoms with Gasteiger partial charge in [-0.15, -0.1) is 0 Å². The van der Waals surface area contributed by atoms with Crippen LogP contribution in [0.5, 0.6) is 0 Å². The van der Waals surface area contributed by atoms with E-state index in [1.807, 2.05) is 13.8 Å². The van der Waals surface area contributed by atoms with Crippen LogP contribution < -0.4 is 0 Å². The lowest BCUT2D eigenvalue weighted by atomic mass is 10.4. The van der Waals surface area contributed by atoms with E-state index >= 15 is 0 Å². The smallest absolute Gasteiger partial charge is 0.356 e. The van der Waals surface area contributed by atoms with Gasteiger partial charge in [0.25, 0.3) is 0 Å². The van der Waals surface area contributed by atoms with Gasteiger partial charge in [0, 0.05) is 25.5 Å². The van der Waals surface area contributed by atoms with Crippen molar-refractivity contribution >= 4 is 35.1 Å². The van der Waals surface area contributed by atoms with Crippen LogP contribution in [0.25, 0.3) is 0 Å². The van der Waals surface area contributed by atoms with E-state index in [-0.39, 0.29) is 11.7 Å². The number of carbonyl (C=O) groups excluding carboxylic acids is 1. The minimum Gasteiger partial charge on any atom is -0.477 e. The Morgan fingerprint density at radius 1 is 0.900 bits per heavy atom. The zero-order valence-electron chi connectivity index (χ0n) is 16.8. The number of hydrogen-bond acceptors (Lipinski definition) is 9. The molecule has 0 amide bonds. The maximum atomic E-state index is 11.3. The molecule has 14 heteroatoms. The monoisotopic (exact) mass is 464 g/mol. The molecular formula is C16H24N4O8S2. The summed E-state index contributed by atoms with van der Waals surface area (Å²) in [5, 5.41) is 16.5. The van der Waals surface area contributed by atoms with Crippen molar-refractivity contribution in [2.45, 2.75) is 46.7 Å². The Kier molecular flexibility index (Phi) is 18.8. The van der Waals surface area contributed by atoms with E-state index in [0.717, 1.165) is 19.4 Å². The highest BCUT2D eigenvalue weighted by Gasteiger charge is 2.11. The van der Waals surface area contributed by atoms with Crippen molar-refractivity contribution in [2.24, 2.45) is 0 Å². The van der Waals surface area contributed by atoms with Gasteiger partial charge in [-0.2, -0.15) is 27.0 Å². The largest absolute Gasteiger partial charge is 0.477 e. The summed E-state index contributed by atoms with van der Waals surface area (Å²) in [7, 11) is 0. The van der Waals surface area contributed by atoms with Crippen LogP contribution in [0.15, 0.2) is 24.5 Å². The van der Waals surface area contributed by atoms with E-state index < -0.39 is 29.1 Å². The van der Waals surface area contributed by atoms with Crippen LogP contribution in [0, 0.1) is 0 Å². The molecule has 0 aromatic carbocycles. The molecule has 2 rings (SSSR count). The standard InChI is InChI=1S/C9H14N2O2.C7H10N2O2.2O2S/c1-3-7-11-8(5-6-10-11)9(12)13-4-2;1-2-5-9-6(7(10)11)3-4-8-9;2*1-3-2/h5-6H,3-4,7H2,1-2H3;3-4H,2,5H2,1H3,(H,10,11);;. The topological polar surface area (TPSA) is 168 Å². The second-order valence-electron chi connectivity index (χ2n) is 5.04. The number of hydrogen-bond donors (Lipinski definition) is 1. The molecule has 2 aromatic rings. The molecule has 0 saturated heterocycles. The summed E-state index contributed by atoms with van der Waals surface area (Å²) in [5.41, 5.74) is 0.788. The van der Waals surface area contributed by atoms with Crippen LogP contribution >= 0.6 is 0 Å². The Hall–Kier alpha value is -3.00. The molecule has 2 aromatic heterocycles. The number of nitrogens with zero attached hydrogens (tertiary/aromatic N) is 4. The lowest BCUT2D eigenvalue weighted by molar-refractivity contribution is 0.0511. The first-order valence-corrected chi connectivity index (χ1v) is 9.99. The van der Waals surface area contributed by atoms with Gasteiger partial charge in [0.2, 0.25) is 0 Å². The summed E-state index contributed by atoms with van der Waals surface area (Å²) in [6, 6.07) is 3.17. The second kappa shape index (κ2) is 19.3. The highest BCUT2D eigenvalue weighted by Crippen LogP contribution is 2.02. The molecule has 12 nitrogen and oxygen atoms in total. The maximum Gasteiger partial charge on any atom is 0.356 e. The fraction of sp³-hybridized carbons (Fsp3) is 0.500. The molecule has 0 radical (unpaired) electrons. The van der Waals surface area contributed by atoms with Crippen LogP contribution in [-0.4, -0.2) is 60.0 Å². The number of esters is 1. The second-order valence-corrected chi connectivity index (χ2v) is 5.31. The van der Waals surface area contributed by atoms with E-state index in [2.05, 4.69) is 10.2 Å². The number of aryl methyl sites for hydroxylation is 2. The fourth-order valence-corrected chi connectivity index (χ4v) is 2.01. The fourth-order valence-electron chi connectivity index (χ4n) is 2.01. The molecule has 0 atom stereocenters. The van der Waals surface area contributed by atoms with Crippen molar-refractivity contribution in [1.29, 1.82) is 0 Å². The van der Waals surface area contributed by atoms with Gasteiger partial charge in [0.1, 0.15) is 11.4 Å². The lowest BCUT2D eigenvalue weighted by Gasteiger charge is -2.04. The Bertz CT molecular complexity index is 813. The average Bonchev–Trinajstić information content (AvgIpc) is 3.34. The number of rotatable bonds is 7. The molecule has 2 heterocycles. The molecule has 0 aliphatic heterocycles. The lowest BCUT2D eigenvalue weighted by Crippen LogP contribution is -2.13. The number of ether oxygens (including phenoxy) is 1. The van der Waals surface area contributed by atoms with E-state index in [1.54, 1.807) is 23.9 Å². The minimum absolute atomic E-state index is 0.256. The predicted octanol–water partition coefficient (Wildman–Crippen LogP) is 1.12. The van der Waals surface area contributed by atoms with Crippen LogP contribution in [0.3, 0.4) is 0 Å². The van der Waals surface area contributed by atoms with E-state index in [4.69, 9.17) is 26.7 Å². The first kappa shape index (κ1) is 29.2. The summed E-state index contributed by atoms with van der Waals surface area (Å²) < 4.78 is 41.2. The molecule has 0 saturated carbocycles. The van der Waals surface area contributed by atoms with Crippen LogP contribution in [-0.2, 0) is 41.0 Å². The summed E-state index contributed by atoms with van der Waals surface area (Å²) >= 11 is -1.50. The molecule has 0 fully saturated rings. The quantitative estimate of drug-likeness (QED) is 0.586. The molecule has 0 unspecified atom stereocenters. The summed E-state index contributed by atoms with van der Waals surface area (Å²) in [5.74, 6) is -1.22. The van der Waals surface area contributed by atoms with Gasteiger partial charge >= 0.3 is 35.1 Å². The van der Waals surface area contributed by atoms with Crippen molar-refractivity contribution in [3.63, 3.8) is 0 Å². The van der Waals surface area contributed by atoms with Crippen molar-refractivity contribution < 1.29 is 36.3 Å². The molecule has 0 aliphatic rings.